The second kappa shape index (κ2) is 12.0. The lowest BCUT2D eigenvalue weighted by atomic mass is 9.59. The van der Waals surface area contributed by atoms with Crippen LogP contribution in [-0.2, 0) is 26.4 Å². The van der Waals surface area contributed by atoms with Gasteiger partial charge in [-0.1, -0.05) is 131 Å². The third kappa shape index (κ3) is 5.48. The summed E-state index contributed by atoms with van der Waals surface area (Å²) < 4.78 is 6.76. The number of hydrogen-bond acceptors (Lipinski definition) is 3. The van der Waals surface area contributed by atoms with E-state index in [0.29, 0.717) is 0 Å². The van der Waals surface area contributed by atoms with Crippen LogP contribution >= 0.6 is 11.6 Å². The lowest BCUT2D eigenvalue weighted by molar-refractivity contribution is -0.0518. The first-order valence-electron chi connectivity index (χ1n) is 20.1. The van der Waals surface area contributed by atoms with E-state index in [2.05, 4.69) is 161 Å². The van der Waals surface area contributed by atoms with Gasteiger partial charge in [0.15, 0.2) is 0 Å². The number of hydrogen-bond donors (Lipinski definition) is 0. The Morgan fingerprint density at radius 3 is 1.87 bits per heavy atom. The molecular formula is C48H65ClN2O. The zero-order chi connectivity index (χ0) is 37.9. The normalized spacial score (nSPS) is 28.9. The van der Waals surface area contributed by atoms with E-state index in [9.17, 15) is 0 Å². The molecule has 0 N–H and O–H groups in total. The van der Waals surface area contributed by atoms with Gasteiger partial charge in [0.1, 0.15) is 11.9 Å². The summed E-state index contributed by atoms with van der Waals surface area (Å²) >= 11 is 8.08. The van der Waals surface area contributed by atoms with Gasteiger partial charge in [-0.15, -0.1) is 0 Å². The summed E-state index contributed by atoms with van der Waals surface area (Å²) in [6.07, 6.45) is 11.4. The van der Waals surface area contributed by atoms with Crippen molar-refractivity contribution in [2.75, 3.05) is 9.80 Å². The Kier molecular flexibility index (Phi) is 8.67. The molecule has 0 saturated heterocycles. The SMILES string of the molecule is CC(C)(C)c1ccc(N(C2=COC3(C)CCCCC23C)c2cc(C(C)(C)C)cc(N3c4cccc(C(C)(C)C)c4C4(C)CCCCC34C)c2Cl)cc1. The Hall–Kier alpha value is -2.91. The standard InChI is InChI=1S/C48H65ClN2O/c1-42(2,3)32-21-23-34(24-22-32)50(39-31-52-48(13)28-17-15-25-45(39,48)10)37-29-33(43(4,5)6)30-38(41(37)49)51-36-20-18-19-35(44(7,8)9)40(36)46(11)26-14-16-27-47(46,51)12/h18-24,29-31H,14-17,25-28H2,1-13H3. The van der Waals surface area contributed by atoms with Crippen molar-refractivity contribution in [3.63, 3.8) is 0 Å². The van der Waals surface area contributed by atoms with E-state index in [0.717, 1.165) is 41.3 Å². The van der Waals surface area contributed by atoms with Gasteiger partial charge < -0.3 is 14.5 Å². The largest absolute Gasteiger partial charge is 0.492 e. The van der Waals surface area contributed by atoms with Crippen molar-refractivity contribution < 1.29 is 4.74 Å². The molecule has 3 nitrogen and oxygen atoms in total. The first-order chi connectivity index (χ1) is 24.1. The summed E-state index contributed by atoms with van der Waals surface area (Å²) in [4.78, 5) is 5.18. The minimum Gasteiger partial charge on any atom is -0.492 e. The second-order valence-corrected chi connectivity index (χ2v) is 21.1. The summed E-state index contributed by atoms with van der Waals surface area (Å²) in [7, 11) is 0. The highest BCUT2D eigenvalue weighted by atomic mass is 35.5. The molecular weight excluding hydrogens is 656 g/mol. The summed E-state index contributed by atoms with van der Waals surface area (Å²) in [5.41, 5.74) is 10.9. The van der Waals surface area contributed by atoms with Crippen molar-refractivity contribution in [3.8, 4) is 0 Å². The predicted molar refractivity (Wildman–Crippen MR) is 223 cm³/mol. The van der Waals surface area contributed by atoms with Crippen LogP contribution in [0.3, 0.4) is 0 Å². The summed E-state index contributed by atoms with van der Waals surface area (Å²) in [6.45, 7) is 30.9. The molecule has 52 heavy (non-hydrogen) atoms. The number of anilines is 4. The molecule has 2 heterocycles. The van der Waals surface area contributed by atoms with Crippen molar-refractivity contribution >= 4 is 34.4 Å². The lowest BCUT2D eigenvalue weighted by Crippen LogP contribution is -2.55. The van der Waals surface area contributed by atoms with E-state index >= 15 is 0 Å². The third-order valence-corrected chi connectivity index (χ3v) is 14.7. The first-order valence-corrected chi connectivity index (χ1v) is 20.5. The van der Waals surface area contributed by atoms with Crippen molar-refractivity contribution in [2.24, 2.45) is 5.41 Å². The fourth-order valence-electron chi connectivity index (χ4n) is 10.4. The van der Waals surface area contributed by atoms with Crippen LogP contribution in [0.5, 0.6) is 0 Å². The average Bonchev–Trinajstić information content (AvgIpc) is 3.45. The molecule has 0 radical (unpaired) electrons. The van der Waals surface area contributed by atoms with Crippen LogP contribution in [0.25, 0.3) is 0 Å². The predicted octanol–water partition coefficient (Wildman–Crippen LogP) is 14.3. The van der Waals surface area contributed by atoms with E-state index in [4.69, 9.17) is 16.3 Å². The Labute approximate surface area is 321 Å². The fraction of sp³-hybridized carbons (Fsp3) is 0.583. The summed E-state index contributed by atoms with van der Waals surface area (Å²) in [5.74, 6) is 0. The van der Waals surface area contributed by atoms with Crippen LogP contribution in [-0.4, -0.2) is 11.1 Å². The minimum atomic E-state index is -0.254. The fourth-order valence-corrected chi connectivity index (χ4v) is 10.7. The molecule has 0 bridgehead atoms. The molecule has 280 valence electrons. The van der Waals surface area contributed by atoms with Gasteiger partial charge in [0, 0.05) is 16.8 Å². The molecule has 3 aromatic carbocycles. The van der Waals surface area contributed by atoms with Gasteiger partial charge in [0.2, 0.25) is 0 Å². The molecule has 0 amide bonds. The molecule has 2 saturated carbocycles. The number of rotatable bonds is 4. The molecule has 4 heteroatoms. The topological polar surface area (TPSA) is 15.7 Å². The van der Waals surface area contributed by atoms with Crippen LogP contribution in [0.1, 0.15) is 164 Å². The van der Waals surface area contributed by atoms with Gasteiger partial charge in [0.05, 0.1) is 33.0 Å². The molecule has 2 aliphatic carbocycles. The van der Waals surface area contributed by atoms with Crippen LogP contribution in [0.15, 0.2) is 66.6 Å². The second-order valence-electron chi connectivity index (χ2n) is 20.7. The van der Waals surface area contributed by atoms with Gasteiger partial charge in [-0.05, 0) is 115 Å². The summed E-state index contributed by atoms with van der Waals surface area (Å²) in [5, 5.41) is 0.810. The first kappa shape index (κ1) is 37.4. The Morgan fingerprint density at radius 1 is 0.654 bits per heavy atom. The Bertz CT molecular complexity index is 1900. The van der Waals surface area contributed by atoms with E-state index in [-0.39, 0.29) is 38.2 Å². The number of fused-ring (bicyclic) bond motifs is 4. The molecule has 2 aliphatic heterocycles. The van der Waals surface area contributed by atoms with Crippen LogP contribution < -0.4 is 9.80 Å². The monoisotopic (exact) mass is 720 g/mol. The van der Waals surface area contributed by atoms with Gasteiger partial charge in [0.25, 0.3) is 0 Å². The van der Waals surface area contributed by atoms with Gasteiger partial charge in [-0.2, -0.15) is 0 Å². The Balaban J connectivity index is 1.52. The minimum absolute atomic E-state index is 0.00658. The number of benzene rings is 3. The van der Waals surface area contributed by atoms with Crippen LogP contribution in [0.2, 0.25) is 5.02 Å². The zero-order valence-corrected chi connectivity index (χ0v) is 35.4. The molecule has 4 atom stereocenters. The highest BCUT2D eigenvalue weighted by molar-refractivity contribution is 6.36. The van der Waals surface area contributed by atoms with Crippen molar-refractivity contribution in [1.82, 2.24) is 0 Å². The van der Waals surface area contributed by atoms with Gasteiger partial charge in [-0.25, -0.2) is 0 Å². The number of halogens is 1. The maximum atomic E-state index is 8.08. The number of nitrogens with zero attached hydrogens (tertiary/aromatic N) is 2. The molecule has 7 rings (SSSR count). The zero-order valence-electron chi connectivity index (χ0n) is 34.6. The third-order valence-electron chi connectivity index (χ3n) is 14.3. The quantitative estimate of drug-likeness (QED) is 0.267. The Morgan fingerprint density at radius 2 is 1.25 bits per heavy atom. The highest BCUT2D eigenvalue weighted by Gasteiger charge is 2.60. The maximum Gasteiger partial charge on any atom is 0.116 e. The van der Waals surface area contributed by atoms with E-state index in [1.807, 2.05) is 0 Å². The lowest BCUT2D eigenvalue weighted by Gasteiger charge is -2.51. The smallest absolute Gasteiger partial charge is 0.116 e. The van der Waals surface area contributed by atoms with Crippen molar-refractivity contribution in [1.29, 1.82) is 0 Å². The number of ether oxygens (including phenoxy) is 1. The average molecular weight is 722 g/mol. The molecule has 3 aromatic rings. The van der Waals surface area contributed by atoms with Gasteiger partial charge >= 0.3 is 0 Å². The molecule has 4 unspecified atom stereocenters. The van der Waals surface area contributed by atoms with E-state index in [1.54, 1.807) is 0 Å². The molecule has 0 spiro atoms. The molecule has 4 aliphatic rings. The van der Waals surface area contributed by atoms with Crippen LogP contribution in [0.4, 0.5) is 22.7 Å². The highest BCUT2D eigenvalue weighted by Crippen LogP contribution is 2.65. The molecule has 0 aromatic heterocycles. The van der Waals surface area contributed by atoms with E-state index in [1.165, 1.54) is 65.7 Å². The maximum absolute atomic E-state index is 8.08. The van der Waals surface area contributed by atoms with Crippen molar-refractivity contribution in [2.45, 2.75) is 174 Å². The van der Waals surface area contributed by atoms with Crippen LogP contribution in [0, 0.1) is 5.41 Å². The van der Waals surface area contributed by atoms with Crippen molar-refractivity contribution in [3.05, 3.63) is 93.8 Å². The van der Waals surface area contributed by atoms with E-state index < -0.39 is 0 Å². The summed E-state index contributed by atoms with van der Waals surface area (Å²) in [6, 6.07) is 21.1. The molecule has 2 fully saturated rings. The van der Waals surface area contributed by atoms with Gasteiger partial charge in [-0.3, -0.25) is 0 Å².